The van der Waals surface area contributed by atoms with E-state index in [0.29, 0.717) is 16.7 Å². The molecule has 0 aliphatic carbocycles. The Morgan fingerprint density at radius 1 is 1.25 bits per heavy atom. The molecule has 0 aromatic heterocycles. The van der Waals surface area contributed by atoms with Crippen LogP contribution >= 0.6 is 0 Å². The van der Waals surface area contributed by atoms with Crippen LogP contribution in [0.15, 0.2) is 12.1 Å². The van der Waals surface area contributed by atoms with Crippen molar-refractivity contribution in [3.63, 3.8) is 0 Å². The van der Waals surface area contributed by atoms with Gasteiger partial charge in [-0.1, -0.05) is 0 Å². The molecule has 0 radical (unpaired) electrons. The number of amides is 1. The zero-order chi connectivity index (χ0) is 12.5. The van der Waals surface area contributed by atoms with Crippen molar-refractivity contribution in [2.24, 2.45) is 0 Å². The highest BCUT2D eigenvalue weighted by atomic mass is 16.6. The third-order valence-electron chi connectivity index (χ3n) is 2.33. The van der Waals surface area contributed by atoms with Crippen molar-refractivity contribution in [2.45, 2.75) is 13.8 Å². The van der Waals surface area contributed by atoms with Gasteiger partial charge in [0.2, 0.25) is 0 Å². The summed E-state index contributed by atoms with van der Waals surface area (Å²) in [6.45, 7) is 3.27. The first-order chi connectivity index (χ1) is 7.34. The molecule has 0 N–H and O–H groups in total. The van der Waals surface area contributed by atoms with E-state index in [0.717, 1.165) is 0 Å². The van der Waals surface area contributed by atoms with E-state index < -0.39 is 4.92 Å². The van der Waals surface area contributed by atoms with Gasteiger partial charge in [0.05, 0.1) is 4.92 Å². The maximum Gasteiger partial charge on any atom is 0.275 e. The van der Waals surface area contributed by atoms with Crippen LogP contribution in [0.2, 0.25) is 0 Å². The van der Waals surface area contributed by atoms with E-state index in [-0.39, 0.29) is 11.6 Å². The molecule has 1 rings (SSSR count). The summed E-state index contributed by atoms with van der Waals surface area (Å²) in [5.41, 5.74) is 1.58. The van der Waals surface area contributed by atoms with E-state index >= 15 is 0 Å². The topological polar surface area (TPSA) is 63.5 Å². The molecule has 1 aromatic rings. The highest BCUT2D eigenvalue weighted by Crippen LogP contribution is 2.24. The summed E-state index contributed by atoms with van der Waals surface area (Å²) >= 11 is 0. The van der Waals surface area contributed by atoms with Crippen molar-refractivity contribution in [2.75, 3.05) is 14.1 Å². The van der Waals surface area contributed by atoms with Crippen LogP contribution in [-0.4, -0.2) is 29.8 Å². The second-order valence-corrected chi connectivity index (χ2v) is 3.92. The minimum absolute atomic E-state index is 0.0790. The molecule has 0 unspecified atom stereocenters. The summed E-state index contributed by atoms with van der Waals surface area (Å²) in [5.74, 6) is -0.152. The Bertz CT molecular complexity index is 430. The molecule has 5 heteroatoms. The Hall–Kier alpha value is -1.91. The van der Waals surface area contributed by atoms with Gasteiger partial charge in [-0.05, 0) is 26.0 Å². The van der Waals surface area contributed by atoms with Crippen molar-refractivity contribution in [3.05, 3.63) is 38.9 Å². The van der Waals surface area contributed by atoms with Crippen LogP contribution in [-0.2, 0) is 0 Å². The zero-order valence-corrected chi connectivity index (χ0v) is 9.77. The lowest BCUT2D eigenvalue weighted by Gasteiger charge is -2.11. The predicted octanol–water partition coefficient (Wildman–Crippen LogP) is 1.91. The minimum atomic E-state index is -0.422. The van der Waals surface area contributed by atoms with Crippen molar-refractivity contribution in [1.29, 1.82) is 0 Å². The van der Waals surface area contributed by atoms with Crippen LogP contribution in [0.3, 0.4) is 0 Å². The second-order valence-electron chi connectivity index (χ2n) is 3.92. The van der Waals surface area contributed by atoms with Crippen LogP contribution in [0.5, 0.6) is 0 Å². The maximum absolute atomic E-state index is 11.7. The molecule has 0 aliphatic heterocycles. The Morgan fingerprint density at radius 3 is 2.00 bits per heavy atom. The van der Waals surface area contributed by atoms with Crippen LogP contribution in [0.25, 0.3) is 0 Å². The lowest BCUT2D eigenvalue weighted by Crippen LogP contribution is -2.22. The first-order valence-corrected chi connectivity index (χ1v) is 4.82. The standard InChI is InChI=1S/C11H14N2O3/c1-7-5-9(11(14)12(3)4)6-8(2)10(7)13(15)16/h5-6H,1-4H3. The number of nitro benzene ring substituents is 1. The van der Waals surface area contributed by atoms with Crippen LogP contribution < -0.4 is 0 Å². The van der Waals surface area contributed by atoms with Gasteiger partial charge >= 0.3 is 0 Å². The average molecular weight is 222 g/mol. The fourth-order valence-corrected chi connectivity index (χ4v) is 1.63. The van der Waals surface area contributed by atoms with Crippen LogP contribution in [0.4, 0.5) is 5.69 Å². The van der Waals surface area contributed by atoms with Gasteiger partial charge in [0, 0.05) is 30.8 Å². The summed E-state index contributed by atoms with van der Waals surface area (Å²) in [7, 11) is 3.29. The van der Waals surface area contributed by atoms with Crippen molar-refractivity contribution in [1.82, 2.24) is 4.90 Å². The number of hydrogen-bond donors (Lipinski definition) is 0. The molecular weight excluding hydrogens is 208 g/mol. The minimum Gasteiger partial charge on any atom is -0.345 e. The lowest BCUT2D eigenvalue weighted by molar-refractivity contribution is -0.386. The predicted molar refractivity (Wildman–Crippen MR) is 60.6 cm³/mol. The quantitative estimate of drug-likeness (QED) is 0.567. The van der Waals surface area contributed by atoms with E-state index in [1.165, 1.54) is 4.90 Å². The van der Waals surface area contributed by atoms with Crippen molar-refractivity contribution in [3.8, 4) is 0 Å². The van der Waals surface area contributed by atoms with E-state index in [4.69, 9.17) is 0 Å². The molecule has 0 bridgehead atoms. The molecule has 0 saturated heterocycles. The monoisotopic (exact) mass is 222 g/mol. The third kappa shape index (κ3) is 2.18. The summed E-state index contributed by atoms with van der Waals surface area (Å²) in [6.07, 6.45) is 0. The summed E-state index contributed by atoms with van der Waals surface area (Å²) in [5, 5.41) is 10.8. The Morgan fingerprint density at radius 2 is 1.69 bits per heavy atom. The van der Waals surface area contributed by atoms with Gasteiger partial charge in [-0.3, -0.25) is 14.9 Å². The number of carbonyl (C=O) groups is 1. The second kappa shape index (κ2) is 4.30. The molecule has 86 valence electrons. The van der Waals surface area contributed by atoms with Gasteiger partial charge in [-0.15, -0.1) is 0 Å². The summed E-state index contributed by atoms with van der Waals surface area (Å²) in [4.78, 5) is 23.5. The first-order valence-electron chi connectivity index (χ1n) is 4.82. The number of aryl methyl sites for hydroxylation is 2. The number of rotatable bonds is 2. The Labute approximate surface area is 93.8 Å². The number of nitro groups is 1. The zero-order valence-electron chi connectivity index (χ0n) is 9.77. The fraction of sp³-hybridized carbons (Fsp3) is 0.364. The first kappa shape index (κ1) is 12.2. The lowest BCUT2D eigenvalue weighted by atomic mass is 10.0. The number of hydrogen-bond acceptors (Lipinski definition) is 3. The van der Waals surface area contributed by atoms with E-state index in [1.807, 2.05) is 0 Å². The molecule has 0 atom stereocenters. The third-order valence-corrected chi connectivity index (χ3v) is 2.33. The maximum atomic E-state index is 11.7. The molecule has 0 saturated carbocycles. The van der Waals surface area contributed by atoms with E-state index in [1.54, 1.807) is 40.1 Å². The number of carbonyl (C=O) groups excluding carboxylic acids is 1. The van der Waals surface area contributed by atoms with Crippen molar-refractivity contribution >= 4 is 11.6 Å². The van der Waals surface area contributed by atoms with E-state index in [9.17, 15) is 14.9 Å². The molecule has 5 nitrogen and oxygen atoms in total. The number of nitrogens with zero attached hydrogens (tertiary/aromatic N) is 2. The molecule has 0 heterocycles. The Kier molecular flexibility index (Phi) is 3.27. The summed E-state index contributed by atoms with van der Waals surface area (Å²) in [6, 6.07) is 3.10. The van der Waals surface area contributed by atoms with Gasteiger partial charge in [0.1, 0.15) is 0 Å². The fourth-order valence-electron chi connectivity index (χ4n) is 1.63. The SMILES string of the molecule is Cc1cc(C(=O)N(C)C)cc(C)c1[N+](=O)[O-]. The average Bonchev–Trinajstić information content (AvgIpc) is 2.14. The van der Waals surface area contributed by atoms with Crippen LogP contribution in [0, 0.1) is 24.0 Å². The van der Waals surface area contributed by atoms with Gasteiger partial charge in [-0.2, -0.15) is 0 Å². The highest BCUT2D eigenvalue weighted by Gasteiger charge is 2.18. The molecule has 0 fully saturated rings. The highest BCUT2D eigenvalue weighted by molar-refractivity contribution is 5.94. The van der Waals surface area contributed by atoms with Gasteiger partial charge in [0.25, 0.3) is 11.6 Å². The molecule has 1 amide bonds. The summed E-state index contributed by atoms with van der Waals surface area (Å²) < 4.78 is 0. The molecule has 0 spiro atoms. The normalized spacial score (nSPS) is 10.0. The van der Waals surface area contributed by atoms with Crippen LogP contribution in [0.1, 0.15) is 21.5 Å². The van der Waals surface area contributed by atoms with Gasteiger partial charge in [0.15, 0.2) is 0 Å². The smallest absolute Gasteiger partial charge is 0.275 e. The molecule has 0 aliphatic rings. The van der Waals surface area contributed by atoms with E-state index in [2.05, 4.69) is 0 Å². The number of benzene rings is 1. The molecule has 16 heavy (non-hydrogen) atoms. The largest absolute Gasteiger partial charge is 0.345 e. The van der Waals surface area contributed by atoms with Gasteiger partial charge in [-0.25, -0.2) is 0 Å². The Balaban J connectivity index is 3.30. The van der Waals surface area contributed by atoms with Crippen molar-refractivity contribution < 1.29 is 9.72 Å². The molecular formula is C11H14N2O3. The van der Waals surface area contributed by atoms with Gasteiger partial charge < -0.3 is 4.90 Å². The molecule has 1 aromatic carbocycles.